The topological polar surface area (TPSA) is 84.5 Å². The largest absolute Gasteiger partial charge is 0.377 e. The summed E-state index contributed by atoms with van der Waals surface area (Å²) in [4.78, 5) is 12.6. The van der Waals surface area contributed by atoms with E-state index in [1.807, 2.05) is 25.1 Å². The Balaban J connectivity index is 2.23. The molecule has 7 heteroatoms. The molecule has 0 spiro atoms. The van der Waals surface area contributed by atoms with Crippen LogP contribution in [0.5, 0.6) is 0 Å². The van der Waals surface area contributed by atoms with Crippen LogP contribution in [0.4, 0.5) is 5.69 Å². The minimum absolute atomic E-state index is 0.0569. The van der Waals surface area contributed by atoms with Crippen molar-refractivity contribution in [2.75, 3.05) is 11.9 Å². The van der Waals surface area contributed by atoms with Crippen LogP contribution in [0.25, 0.3) is 0 Å². The molecule has 0 aliphatic heterocycles. The molecule has 0 saturated carbocycles. The molecule has 0 fully saturated rings. The van der Waals surface area contributed by atoms with Crippen LogP contribution >= 0.6 is 0 Å². The standard InChI is InChI=1S/C19H24N2O4S/c1-4-25-13-16-8-5-6-11-18(16)20-19(22)15-9-7-10-17(12-15)26(23,24)21-14(2)3/h5-12,14,21H,4,13H2,1-3H3,(H,20,22). The Morgan fingerprint density at radius 2 is 1.85 bits per heavy atom. The molecule has 2 aromatic rings. The number of anilines is 1. The van der Waals surface area contributed by atoms with E-state index in [1.165, 1.54) is 12.1 Å². The highest BCUT2D eigenvalue weighted by molar-refractivity contribution is 7.89. The van der Waals surface area contributed by atoms with Crippen LogP contribution in [0.1, 0.15) is 36.7 Å². The number of para-hydroxylation sites is 1. The molecule has 0 radical (unpaired) electrons. The predicted molar refractivity (Wildman–Crippen MR) is 102 cm³/mol. The lowest BCUT2D eigenvalue weighted by molar-refractivity contribution is 0.102. The van der Waals surface area contributed by atoms with Crippen LogP contribution < -0.4 is 10.0 Å². The molecule has 6 nitrogen and oxygen atoms in total. The Bertz CT molecular complexity index is 863. The average molecular weight is 376 g/mol. The van der Waals surface area contributed by atoms with Crippen molar-refractivity contribution in [1.29, 1.82) is 0 Å². The molecule has 0 aromatic heterocycles. The van der Waals surface area contributed by atoms with Gasteiger partial charge in [-0.2, -0.15) is 0 Å². The summed E-state index contributed by atoms with van der Waals surface area (Å²) in [5.41, 5.74) is 1.76. The van der Waals surface area contributed by atoms with E-state index in [0.29, 0.717) is 18.9 Å². The van der Waals surface area contributed by atoms with Crippen molar-refractivity contribution in [1.82, 2.24) is 4.72 Å². The number of nitrogens with one attached hydrogen (secondary N) is 2. The highest BCUT2D eigenvalue weighted by atomic mass is 32.2. The van der Waals surface area contributed by atoms with E-state index in [9.17, 15) is 13.2 Å². The number of carbonyl (C=O) groups is 1. The summed E-state index contributed by atoms with van der Waals surface area (Å²) in [5, 5.41) is 2.82. The van der Waals surface area contributed by atoms with Gasteiger partial charge in [0.25, 0.3) is 5.91 Å². The van der Waals surface area contributed by atoms with E-state index in [4.69, 9.17) is 4.74 Å². The SMILES string of the molecule is CCOCc1ccccc1NC(=O)c1cccc(S(=O)(=O)NC(C)C)c1. The van der Waals surface area contributed by atoms with Gasteiger partial charge in [-0.15, -0.1) is 0 Å². The van der Waals surface area contributed by atoms with Crippen LogP contribution in [-0.4, -0.2) is 27.0 Å². The minimum Gasteiger partial charge on any atom is -0.377 e. The number of ether oxygens (including phenoxy) is 1. The first-order chi connectivity index (χ1) is 12.3. The number of hydrogen-bond acceptors (Lipinski definition) is 4. The normalized spacial score (nSPS) is 11.5. The molecular weight excluding hydrogens is 352 g/mol. The van der Waals surface area contributed by atoms with Gasteiger partial charge in [0.1, 0.15) is 0 Å². The van der Waals surface area contributed by atoms with Gasteiger partial charge in [0.15, 0.2) is 0 Å². The van der Waals surface area contributed by atoms with Crippen LogP contribution in [0.2, 0.25) is 0 Å². The molecule has 1 amide bonds. The van der Waals surface area contributed by atoms with Crippen molar-refractivity contribution >= 4 is 21.6 Å². The third-order valence-electron chi connectivity index (χ3n) is 3.52. The van der Waals surface area contributed by atoms with Gasteiger partial charge in [-0.05, 0) is 45.0 Å². The van der Waals surface area contributed by atoms with Gasteiger partial charge in [0.2, 0.25) is 10.0 Å². The molecule has 0 aliphatic rings. The third-order valence-corrected chi connectivity index (χ3v) is 5.18. The first-order valence-electron chi connectivity index (χ1n) is 8.43. The Morgan fingerprint density at radius 1 is 1.12 bits per heavy atom. The van der Waals surface area contributed by atoms with Gasteiger partial charge in [0.05, 0.1) is 11.5 Å². The van der Waals surface area contributed by atoms with Gasteiger partial charge < -0.3 is 10.1 Å². The second kappa shape index (κ2) is 8.93. The van der Waals surface area contributed by atoms with Crippen molar-refractivity contribution in [3.8, 4) is 0 Å². The fourth-order valence-corrected chi connectivity index (χ4v) is 3.65. The molecule has 2 aromatic carbocycles. The summed E-state index contributed by atoms with van der Waals surface area (Å²) in [7, 11) is -3.66. The molecular formula is C19H24N2O4S. The van der Waals surface area contributed by atoms with E-state index in [2.05, 4.69) is 10.0 Å². The van der Waals surface area contributed by atoms with E-state index in [0.717, 1.165) is 5.56 Å². The summed E-state index contributed by atoms with van der Waals surface area (Å²) in [6.45, 7) is 6.34. The van der Waals surface area contributed by atoms with Crippen molar-refractivity contribution in [3.63, 3.8) is 0 Å². The summed E-state index contributed by atoms with van der Waals surface area (Å²) in [5.74, 6) is -0.379. The fraction of sp³-hybridized carbons (Fsp3) is 0.316. The predicted octanol–water partition coefficient (Wildman–Crippen LogP) is 3.16. The van der Waals surface area contributed by atoms with Gasteiger partial charge in [-0.25, -0.2) is 13.1 Å². The zero-order valence-corrected chi connectivity index (χ0v) is 16.0. The van der Waals surface area contributed by atoms with Gasteiger partial charge in [-0.3, -0.25) is 4.79 Å². The first-order valence-corrected chi connectivity index (χ1v) is 9.91. The Hall–Kier alpha value is -2.22. The molecule has 0 saturated heterocycles. The number of rotatable bonds is 8. The third kappa shape index (κ3) is 5.39. The average Bonchev–Trinajstić information content (AvgIpc) is 2.60. The molecule has 2 rings (SSSR count). The first kappa shape index (κ1) is 20.1. The molecule has 0 bridgehead atoms. The molecule has 2 N–H and O–H groups in total. The maximum Gasteiger partial charge on any atom is 0.255 e. The number of benzene rings is 2. The second-order valence-electron chi connectivity index (χ2n) is 6.05. The molecule has 0 atom stereocenters. The Kier molecular flexibility index (Phi) is 6.90. The second-order valence-corrected chi connectivity index (χ2v) is 7.77. The summed E-state index contributed by atoms with van der Waals surface area (Å²) in [6, 6.07) is 13.1. The van der Waals surface area contributed by atoms with E-state index in [1.54, 1.807) is 32.0 Å². The van der Waals surface area contributed by atoms with Crippen molar-refractivity contribution in [2.24, 2.45) is 0 Å². The zero-order valence-electron chi connectivity index (χ0n) is 15.2. The van der Waals surface area contributed by atoms with Gasteiger partial charge in [-0.1, -0.05) is 24.3 Å². The van der Waals surface area contributed by atoms with Gasteiger partial charge in [0, 0.05) is 29.5 Å². The fourth-order valence-electron chi connectivity index (χ4n) is 2.36. The summed E-state index contributed by atoms with van der Waals surface area (Å²) in [6.07, 6.45) is 0. The molecule has 0 heterocycles. The van der Waals surface area contributed by atoms with Crippen LogP contribution in [0.3, 0.4) is 0 Å². The molecule has 26 heavy (non-hydrogen) atoms. The number of carbonyl (C=O) groups excluding carboxylic acids is 1. The lowest BCUT2D eigenvalue weighted by Gasteiger charge is -2.13. The highest BCUT2D eigenvalue weighted by Crippen LogP contribution is 2.18. The quantitative estimate of drug-likeness (QED) is 0.741. The Labute approximate surface area is 154 Å². The number of hydrogen-bond donors (Lipinski definition) is 2. The van der Waals surface area contributed by atoms with Gasteiger partial charge >= 0.3 is 0 Å². The van der Waals surface area contributed by atoms with Crippen molar-refractivity contribution in [2.45, 2.75) is 38.3 Å². The number of amides is 1. The van der Waals surface area contributed by atoms with Crippen molar-refractivity contribution < 1.29 is 17.9 Å². The lowest BCUT2D eigenvalue weighted by Crippen LogP contribution is -2.30. The number of sulfonamides is 1. The smallest absolute Gasteiger partial charge is 0.255 e. The van der Waals surface area contributed by atoms with E-state index < -0.39 is 10.0 Å². The highest BCUT2D eigenvalue weighted by Gasteiger charge is 2.17. The zero-order chi connectivity index (χ0) is 19.2. The summed E-state index contributed by atoms with van der Waals surface area (Å²) < 4.78 is 32.5. The van der Waals surface area contributed by atoms with Crippen LogP contribution in [-0.2, 0) is 21.4 Å². The molecule has 140 valence electrons. The van der Waals surface area contributed by atoms with Crippen LogP contribution in [0.15, 0.2) is 53.4 Å². The maximum absolute atomic E-state index is 12.6. The monoisotopic (exact) mass is 376 g/mol. The van der Waals surface area contributed by atoms with Crippen molar-refractivity contribution in [3.05, 3.63) is 59.7 Å². The maximum atomic E-state index is 12.6. The summed E-state index contributed by atoms with van der Waals surface area (Å²) >= 11 is 0. The minimum atomic E-state index is -3.66. The molecule has 0 aliphatic carbocycles. The lowest BCUT2D eigenvalue weighted by atomic mass is 10.1. The van der Waals surface area contributed by atoms with Crippen LogP contribution in [0, 0.1) is 0 Å². The van der Waals surface area contributed by atoms with E-state index >= 15 is 0 Å². The van der Waals surface area contributed by atoms with E-state index in [-0.39, 0.29) is 22.4 Å². The Morgan fingerprint density at radius 3 is 2.54 bits per heavy atom. The molecule has 0 unspecified atom stereocenters.